The minimum atomic E-state index is -0.599. The lowest BCUT2D eigenvalue weighted by Gasteiger charge is -2.30. The minimum Gasteiger partial charge on any atom is -0.365 e. The second-order valence-electron chi connectivity index (χ2n) is 5.55. The number of hydrogen-bond acceptors (Lipinski definition) is 4. The van der Waals surface area contributed by atoms with Crippen LogP contribution in [0.3, 0.4) is 0 Å². The van der Waals surface area contributed by atoms with Crippen LogP contribution in [0, 0.1) is 0 Å². The molecule has 6 nitrogen and oxygen atoms in total. The third-order valence-corrected chi connectivity index (χ3v) is 3.70. The van der Waals surface area contributed by atoms with Gasteiger partial charge in [-0.2, -0.15) is 0 Å². The second-order valence-corrected chi connectivity index (χ2v) is 5.55. The van der Waals surface area contributed by atoms with Crippen molar-refractivity contribution >= 4 is 11.9 Å². The molecule has 0 aromatic heterocycles. The van der Waals surface area contributed by atoms with Crippen molar-refractivity contribution in [3.63, 3.8) is 0 Å². The van der Waals surface area contributed by atoms with E-state index in [1.807, 2.05) is 0 Å². The summed E-state index contributed by atoms with van der Waals surface area (Å²) in [6.45, 7) is 7.20. The fraction of sp³-hybridized carbons (Fsp3) is 0.867. The fourth-order valence-electron chi connectivity index (χ4n) is 2.52. The molecule has 122 valence electrons. The van der Waals surface area contributed by atoms with Crippen LogP contribution in [0.1, 0.15) is 52.9 Å². The molecule has 0 saturated heterocycles. The van der Waals surface area contributed by atoms with Gasteiger partial charge < -0.3 is 15.4 Å². The van der Waals surface area contributed by atoms with E-state index in [2.05, 4.69) is 22.9 Å². The van der Waals surface area contributed by atoms with Crippen molar-refractivity contribution in [2.45, 2.75) is 71.1 Å². The van der Waals surface area contributed by atoms with E-state index in [0.717, 1.165) is 38.6 Å². The molecule has 1 aliphatic rings. The number of imide groups is 1. The molecular formula is C15H29N3O3. The maximum atomic E-state index is 11.8. The first-order valence-corrected chi connectivity index (χ1v) is 8.04. The summed E-state index contributed by atoms with van der Waals surface area (Å²) in [5.41, 5.74) is 0. The number of nitrogens with one attached hydrogen (secondary N) is 3. The summed E-state index contributed by atoms with van der Waals surface area (Å²) in [5, 5.41) is 8.33. The SMILES string of the molecule is CCCNC1CCC(OC(C)C(=O)NC(=O)NCC)CC1. The molecule has 0 spiro atoms. The molecule has 21 heavy (non-hydrogen) atoms. The Morgan fingerprint density at radius 3 is 2.43 bits per heavy atom. The first-order valence-electron chi connectivity index (χ1n) is 8.04. The van der Waals surface area contributed by atoms with Gasteiger partial charge in [0, 0.05) is 12.6 Å². The molecule has 1 fully saturated rings. The molecule has 1 rings (SSSR count). The first kappa shape index (κ1) is 17.9. The van der Waals surface area contributed by atoms with Gasteiger partial charge in [0.1, 0.15) is 6.10 Å². The number of amides is 3. The van der Waals surface area contributed by atoms with Crippen LogP contribution in [0.15, 0.2) is 0 Å². The monoisotopic (exact) mass is 299 g/mol. The van der Waals surface area contributed by atoms with Crippen LogP contribution in [0.4, 0.5) is 4.79 Å². The van der Waals surface area contributed by atoms with E-state index >= 15 is 0 Å². The van der Waals surface area contributed by atoms with Crippen molar-refractivity contribution < 1.29 is 14.3 Å². The van der Waals surface area contributed by atoms with Gasteiger partial charge in [-0.3, -0.25) is 10.1 Å². The van der Waals surface area contributed by atoms with Gasteiger partial charge in [0.05, 0.1) is 6.10 Å². The van der Waals surface area contributed by atoms with Crippen molar-refractivity contribution in [2.75, 3.05) is 13.1 Å². The molecule has 1 aliphatic carbocycles. The average Bonchev–Trinajstić information content (AvgIpc) is 2.46. The van der Waals surface area contributed by atoms with Crippen LogP contribution < -0.4 is 16.0 Å². The molecule has 1 saturated carbocycles. The lowest BCUT2D eigenvalue weighted by atomic mass is 9.93. The lowest BCUT2D eigenvalue weighted by molar-refractivity contribution is -0.135. The molecule has 0 radical (unpaired) electrons. The van der Waals surface area contributed by atoms with E-state index in [4.69, 9.17) is 4.74 Å². The van der Waals surface area contributed by atoms with Gasteiger partial charge in [0.2, 0.25) is 0 Å². The lowest BCUT2D eigenvalue weighted by Crippen LogP contribution is -2.45. The van der Waals surface area contributed by atoms with E-state index in [1.54, 1.807) is 13.8 Å². The van der Waals surface area contributed by atoms with Gasteiger partial charge in [-0.05, 0) is 52.5 Å². The number of hydrogen-bond donors (Lipinski definition) is 3. The molecule has 0 heterocycles. The Hall–Kier alpha value is -1.14. The third kappa shape index (κ3) is 6.91. The summed E-state index contributed by atoms with van der Waals surface area (Å²) in [4.78, 5) is 23.1. The summed E-state index contributed by atoms with van der Waals surface area (Å²) < 4.78 is 5.77. The van der Waals surface area contributed by atoms with Crippen LogP contribution in [0.5, 0.6) is 0 Å². The number of carbonyl (C=O) groups is 2. The van der Waals surface area contributed by atoms with E-state index in [9.17, 15) is 9.59 Å². The van der Waals surface area contributed by atoms with Crippen LogP contribution in [0.25, 0.3) is 0 Å². The topological polar surface area (TPSA) is 79.5 Å². The quantitative estimate of drug-likeness (QED) is 0.666. The zero-order chi connectivity index (χ0) is 15.7. The smallest absolute Gasteiger partial charge is 0.321 e. The fourth-order valence-corrected chi connectivity index (χ4v) is 2.52. The molecular weight excluding hydrogens is 270 g/mol. The normalized spacial score (nSPS) is 23.4. The predicted molar refractivity (Wildman–Crippen MR) is 82.1 cm³/mol. The summed E-state index contributed by atoms with van der Waals surface area (Å²) in [6, 6.07) is 0.106. The largest absolute Gasteiger partial charge is 0.365 e. The van der Waals surface area contributed by atoms with E-state index in [0.29, 0.717) is 12.6 Å². The van der Waals surface area contributed by atoms with Crippen molar-refractivity contribution in [1.82, 2.24) is 16.0 Å². The Bertz CT molecular complexity index is 328. The first-order chi connectivity index (χ1) is 10.1. The molecule has 6 heteroatoms. The van der Waals surface area contributed by atoms with E-state index in [-0.39, 0.29) is 12.0 Å². The van der Waals surface area contributed by atoms with Gasteiger partial charge in [-0.15, -0.1) is 0 Å². The molecule has 0 aromatic carbocycles. The Morgan fingerprint density at radius 1 is 1.19 bits per heavy atom. The zero-order valence-electron chi connectivity index (χ0n) is 13.4. The Kier molecular flexibility index (Phi) is 8.30. The van der Waals surface area contributed by atoms with Gasteiger partial charge in [-0.1, -0.05) is 6.92 Å². The van der Waals surface area contributed by atoms with Crippen LogP contribution in [0.2, 0.25) is 0 Å². The van der Waals surface area contributed by atoms with Gasteiger partial charge >= 0.3 is 6.03 Å². The average molecular weight is 299 g/mol. The molecule has 3 amide bonds. The van der Waals surface area contributed by atoms with Crippen molar-refractivity contribution in [3.8, 4) is 0 Å². The van der Waals surface area contributed by atoms with Gasteiger partial charge in [0.25, 0.3) is 5.91 Å². The van der Waals surface area contributed by atoms with Gasteiger partial charge in [-0.25, -0.2) is 4.79 Å². The molecule has 0 aliphatic heterocycles. The summed E-state index contributed by atoms with van der Waals surface area (Å²) >= 11 is 0. The maximum Gasteiger partial charge on any atom is 0.321 e. The highest BCUT2D eigenvalue weighted by Crippen LogP contribution is 2.22. The Labute approximate surface area is 127 Å². The predicted octanol–water partition coefficient (Wildman–Crippen LogP) is 1.55. The summed E-state index contributed by atoms with van der Waals surface area (Å²) in [7, 11) is 0. The maximum absolute atomic E-state index is 11.8. The van der Waals surface area contributed by atoms with Gasteiger partial charge in [0.15, 0.2) is 0 Å². The minimum absolute atomic E-state index is 0.111. The number of carbonyl (C=O) groups excluding carboxylic acids is 2. The highest BCUT2D eigenvalue weighted by atomic mass is 16.5. The molecule has 1 atom stereocenters. The second kappa shape index (κ2) is 9.73. The Morgan fingerprint density at radius 2 is 1.86 bits per heavy atom. The molecule has 0 bridgehead atoms. The highest BCUT2D eigenvalue weighted by Gasteiger charge is 2.25. The molecule has 0 aromatic rings. The van der Waals surface area contributed by atoms with Crippen molar-refractivity contribution in [3.05, 3.63) is 0 Å². The summed E-state index contributed by atoms with van der Waals surface area (Å²) in [6.07, 6.45) is 4.73. The summed E-state index contributed by atoms with van der Waals surface area (Å²) in [5.74, 6) is -0.382. The van der Waals surface area contributed by atoms with E-state index < -0.39 is 12.1 Å². The number of ether oxygens (including phenoxy) is 1. The molecule has 3 N–H and O–H groups in total. The van der Waals surface area contributed by atoms with E-state index in [1.165, 1.54) is 0 Å². The third-order valence-electron chi connectivity index (χ3n) is 3.70. The highest BCUT2D eigenvalue weighted by molar-refractivity contribution is 5.96. The van der Waals surface area contributed by atoms with Crippen molar-refractivity contribution in [1.29, 1.82) is 0 Å². The van der Waals surface area contributed by atoms with Crippen molar-refractivity contribution in [2.24, 2.45) is 0 Å². The standard InChI is InChI=1S/C15H29N3O3/c1-4-10-17-12-6-8-13(9-7-12)21-11(3)14(19)18-15(20)16-5-2/h11-13,17H,4-10H2,1-3H3,(H2,16,18,19,20). The number of rotatable bonds is 7. The number of urea groups is 1. The molecule has 1 unspecified atom stereocenters. The Balaban J connectivity index is 2.24. The zero-order valence-corrected chi connectivity index (χ0v) is 13.4. The van der Waals surface area contributed by atoms with Crippen LogP contribution in [-0.4, -0.2) is 43.3 Å². The van der Waals surface area contributed by atoms with Crippen LogP contribution >= 0.6 is 0 Å². The van der Waals surface area contributed by atoms with Crippen LogP contribution in [-0.2, 0) is 9.53 Å².